The molecule has 1 aliphatic heterocycles. The second kappa shape index (κ2) is 6.07. The number of aromatic nitrogens is 2. The van der Waals surface area contributed by atoms with E-state index in [9.17, 15) is 0 Å². The Labute approximate surface area is 122 Å². The Hall–Kier alpha value is -1.85. The van der Waals surface area contributed by atoms with Crippen molar-refractivity contribution in [3.63, 3.8) is 0 Å². The van der Waals surface area contributed by atoms with E-state index in [-0.39, 0.29) is 0 Å². The van der Waals surface area contributed by atoms with Gasteiger partial charge in [0.25, 0.3) is 0 Å². The highest BCUT2D eigenvalue weighted by Crippen LogP contribution is 2.21. The van der Waals surface area contributed by atoms with Crippen molar-refractivity contribution in [2.45, 2.75) is 0 Å². The van der Waals surface area contributed by atoms with Crippen LogP contribution in [0.5, 0.6) is 0 Å². The van der Waals surface area contributed by atoms with Crippen LogP contribution in [-0.2, 0) is 4.74 Å². The second-order valence-electron chi connectivity index (χ2n) is 4.50. The van der Waals surface area contributed by atoms with E-state index in [0.717, 1.165) is 32.0 Å². The van der Waals surface area contributed by atoms with Crippen molar-refractivity contribution in [3.8, 4) is 0 Å². The van der Waals surface area contributed by atoms with Crippen LogP contribution >= 0.6 is 11.6 Å². The summed E-state index contributed by atoms with van der Waals surface area (Å²) in [5.74, 6) is 0.636. The number of benzene rings is 1. The van der Waals surface area contributed by atoms with Gasteiger partial charge in [0.15, 0.2) is 5.82 Å². The van der Waals surface area contributed by atoms with Crippen molar-refractivity contribution in [3.05, 3.63) is 41.8 Å². The number of rotatable bonds is 3. The van der Waals surface area contributed by atoms with Gasteiger partial charge in [-0.05, 0) is 24.3 Å². The van der Waals surface area contributed by atoms with Crippen molar-refractivity contribution in [1.82, 2.24) is 9.97 Å². The van der Waals surface area contributed by atoms with Gasteiger partial charge >= 0.3 is 0 Å². The summed E-state index contributed by atoms with van der Waals surface area (Å²) in [6, 6.07) is 8.22. The molecule has 0 amide bonds. The Morgan fingerprint density at radius 1 is 1.10 bits per heavy atom. The van der Waals surface area contributed by atoms with Crippen molar-refractivity contribution < 1.29 is 4.74 Å². The van der Waals surface area contributed by atoms with Crippen molar-refractivity contribution in [2.24, 2.45) is 0 Å². The van der Waals surface area contributed by atoms with Crippen molar-refractivity contribution in [2.75, 3.05) is 36.5 Å². The number of hydrogen-bond acceptors (Lipinski definition) is 5. The van der Waals surface area contributed by atoms with E-state index in [0.29, 0.717) is 11.0 Å². The molecule has 1 aliphatic rings. The third-order valence-corrected chi connectivity index (χ3v) is 3.30. The molecule has 0 saturated carbocycles. The first-order valence-electron chi connectivity index (χ1n) is 6.48. The molecule has 1 N–H and O–H groups in total. The van der Waals surface area contributed by atoms with E-state index in [2.05, 4.69) is 32.3 Å². The number of nitrogens with zero attached hydrogens (tertiary/aromatic N) is 3. The Balaban J connectivity index is 1.69. The van der Waals surface area contributed by atoms with Crippen molar-refractivity contribution in [1.29, 1.82) is 0 Å². The monoisotopic (exact) mass is 290 g/mol. The summed E-state index contributed by atoms with van der Waals surface area (Å²) >= 11 is 5.81. The second-order valence-corrected chi connectivity index (χ2v) is 4.89. The standard InChI is InChI=1S/C14H15ClN4O/c15-13-9-16-10-14(18-13)17-11-1-3-12(4-2-11)19-5-7-20-8-6-19/h1-4,9-10H,5-8H2,(H,17,18). The quantitative estimate of drug-likeness (QED) is 0.942. The predicted octanol–water partition coefficient (Wildman–Crippen LogP) is 2.71. The first kappa shape index (κ1) is 13.1. The van der Waals surface area contributed by atoms with E-state index in [1.807, 2.05) is 12.1 Å². The zero-order valence-corrected chi connectivity index (χ0v) is 11.7. The molecule has 1 aromatic carbocycles. The molecular formula is C14H15ClN4O. The molecule has 0 aliphatic carbocycles. The number of nitrogens with one attached hydrogen (secondary N) is 1. The molecule has 3 rings (SSSR count). The summed E-state index contributed by atoms with van der Waals surface area (Å²) in [4.78, 5) is 10.4. The Kier molecular flexibility index (Phi) is 3.99. The SMILES string of the molecule is Clc1cncc(Nc2ccc(N3CCOCC3)cc2)n1. The van der Waals surface area contributed by atoms with E-state index in [4.69, 9.17) is 16.3 Å². The zero-order valence-electron chi connectivity index (χ0n) is 10.9. The summed E-state index contributed by atoms with van der Waals surface area (Å²) in [6.45, 7) is 3.45. The molecule has 6 heteroatoms. The van der Waals surface area contributed by atoms with Crippen LogP contribution in [0.3, 0.4) is 0 Å². The van der Waals surface area contributed by atoms with Gasteiger partial charge in [-0.3, -0.25) is 4.98 Å². The molecule has 0 radical (unpaired) electrons. The highest BCUT2D eigenvalue weighted by Gasteiger charge is 2.10. The number of hydrogen-bond donors (Lipinski definition) is 1. The highest BCUT2D eigenvalue weighted by molar-refractivity contribution is 6.29. The molecule has 104 valence electrons. The lowest BCUT2D eigenvalue weighted by molar-refractivity contribution is 0.122. The lowest BCUT2D eigenvalue weighted by atomic mass is 10.2. The van der Waals surface area contributed by atoms with Gasteiger partial charge < -0.3 is 15.0 Å². The van der Waals surface area contributed by atoms with Gasteiger partial charge in [0.05, 0.1) is 25.6 Å². The predicted molar refractivity (Wildman–Crippen MR) is 79.8 cm³/mol. The molecule has 0 atom stereocenters. The van der Waals surface area contributed by atoms with Crippen molar-refractivity contribution >= 4 is 28.8 Å². The van der Waals surface area contributed by atoms with Gasteiger partial charge in [-0.15, -0.1) is 0 Å². The molecule has 0 unspecified atom stereocenters. The number of morpholine rings is 1. The van der Waals surface area contributed by atoms with E-state index in [1.165, 1.54) is 11.9 Å². The van der Waals surface area contributed by atoms with E-state index >= 15 is 0 Å². The van der Waals surface area contributed by atoms with E-state index in [1.54, 1.807) is 6.20 Å². The summed E-state index contributed by atoms with van der Waals surface area (Å²) < 4.78 is 5.35. The average molecular weight is 291 g/mol. The Bertz CT molecular complexity index is 570. The molecular weight excluding hydrogens is 276 g/mol. The fraction of sp³-hybridized carbons (Fsp3) is 0.286. The summed E-state index contributed by atoms with van der Waals surface area (Å²) in [5, 5.41) is 3.55. The largest absolute Gasteiger partial charge is 0.378 e. The third kappa shape index (κ3) is 3.18. The molecule has 1 aromatic heterocycles. The van der Waals surface area contributed by atoms with Crippen LogP contribution in [0, 0.1) is 0 Å². The molecule has 0 bridgehead atoms. The summed E-state index contributed by atoms with van der Waals surface area (Å²) in [6.07, 6.45) is 3.15. The normalized spacial score (nSPS) is 15.2. The van der Waals surface area contributed by atoms with Gasteiger partial charge in [-0.2, -0.15) is 0 Å². The molecule has 20 heavy (non-hydrogen) atoms. The smallest absolute Gasteiger partial charge is 0.150 e. The fourth-order valence-corrected chi connectivity index (χ4v) is 2.27. The molecule has 2 heterocycles. The maximum absolute atomic E-state index is 5.81. The van der Waals surface area contributed by atoms with Crippen LogP contribution in [0.1, 0.15) is 0 Å². The Morgan fingerprint density at radius 3 is 2.55 bits per heavy atom. The molecule has 1 fully saturated rings. The van der Waals surface area contributed by atoms with Gasteiger partial charge in [0.2, 0.25) is 0 Å². The van der Waals surface area contributed by atoms with Crippen LogP contribution in [0.25, 0.3) is 0 Å². The van der Waals surface area contributed by atoms with Crippen LogP contribution in [0.2, 0.25) is 5.15 Å². The summed E-state index contributed by atoms with van der Waals surface area (Å²) in [7, 11) is 0. The number of ether oxygens (including phenoxy) is 1. The maximum Gasteiger partial charge on any atom is 0.150 e. The van der Waals surface area contributed by atoms with Gasteiger partial charge in [-0.25, -0.2) is 4.98 Å². The molecule has 1 saturated heterocycles. The minimum atomic E-state index is 0.375. The average Bonchev–Trinajstić information content (AvgIpc) is 2.49. The minimum absolute atomic E-state index is 0.375. The van der Waals surface area contributed by atoms with E-state index < -0.39 is 0 Å². The topological polar surface area (TPSA) is 50.3 Å². The first-order valence-corrected chi connectivity index (χ1v) is 6.86. The lowest BCUT2D eigenvalue weighted by Crippen LogP contribution is -2.36. The molecule has 5 nitrogen and oxygen atoms in total. The lowest BCUT2D eigenvalue weighted by Gasteiger charge is -2.28. The number of halogens is 1. The van der Waals surface area contributed by atoms with Gasteiger partial charge in [0.1, 0.15) is 5.15 Å². The molecule has 0 spiro atoms. The Morgan fingerprint density at radius 2 is 1.85 bits per heavy atom. The van der Waals surface area contributed by atoms with Crippen LogP contribution < -0.4 is 10.2 Å². The van der Waals surface area contributed by atoms with Gasteiger partial charge in [-0.1, -0.05) is 11.6 Å². The van der Waals surface area contributed by atoms with Crippen LogP contribution in [0.4, 0.5) is 17.2 Å². The summed E-state index contributed by atoms with van der Waals surface area (Å²) in [5.41, 5.74) is 2.16. The minimum Gasteiger partial charge on any atom is -0.378 e. The fourth-order valence-electron chi connectivity index (χ4n) is 2.13. The highest BCUT2D eigenvalue weighted by atomic mass is 35.5. The third-order valence-electron chi connectivity index (χ3n) is 3.12. The zero-order chi connectivity index (χ0) is 13.8. The van der Waals surface area contributed by atoms with Crippen LogP contribution in [0.15, 0.2) is 36.7 Å². The number of anilines is 3. The molecule has 2 aromatic rings. The first-order chi connectivity index (χ1) is 9.81. The van der Waals surface area contributed by atoms with Crippen LogP contribution in [-0.4, -0.2) is 36.3 Å². The maximum atomic E-state index is 5.81. The van der Waals surface area contributed by atoms with Gasteiger partial charge in [0, 0.05) is 24.5 Å².